The Bertz CT molecular complexity index is 365. The molecule has 0 amide bonds. The van der Waals surface area contributed by atoms with Crippen LogP contribution in [-0.2, 0) is 6.42 Å². The van der Waals surface area contributed by atoms with E-state index in [2.05, 4.69) is 44.2 Å². The first-order valence-electron chi connectivity index (χ1n) is 4.56. The molecule has 1 aromatic carbocycles. The van der Waals surface area contributed by atoms with Crippen LogP contribution >= 0.6 is 11.3 Å². The Balaban J connectivity index is 2.38. The van der Waals surface area contributed by atoms with Crippen LogP contribution < -0.4 is 0 Å². The predicted octanol–water partition coefficient (Wildman–Crippen LogP) is 3.91. The van der Waals surface area contributed by atoms with Crippen molar-refractivity contribution < 1.29 is 0 Å². The molecule has 1 unspecified atom stereocenters. The highest BCUT2D eigenvalue weighted by atomic mass is 32.1. The van der Waals surface area contributed by atoms with E-state index in [4.69, 9.17) is 0 Å². The number of thiophene rings is 1. The molecular formula is C12H13S. The van der Waals surface area contributed by atoms with E-state index in [1.807, 2.05) is 11.3 Å². The number of fused-ring (bicyclic) bond motifs is 1. The van der Waals surface area contributed by atoms with Crippen LogP contribution in [0, 0.1) is 12.8 Å². The minimum atomic E-state index is 0.507. The molecule has 0 fully saturated rings. The van der Waals surface area contributed by atoms with Gasteiger partial charge in [-0.1, -0.05) is 32.0 Å². The molecule has 0 aliphatic rings. The summed E-state index contributed by atoms with van der Waals surface area (Å²) in [5.74, 6) is 0.507. The molecule has 0 aliphatic heterocycles. The minimum absolute atomic E-state index is 0.507. The predicted molar refractivity (Wildman–Crippen MR) is 60.1 cm³/mol. The Hall–Kier alpha value is -0.820. The molecule has 67 valence electrons. The van der Waals surface area contributed by atoms with Gasteiger partial charge in [-0.25, -0.2) is 0 Å². The van der Waals surface area contributed by atoms with Crippen LogP contribution in [0.1, 0.15) is 11.8 Å². The maximum Gasteiger partial charge on any atom is 0.0345 e. The molecule has 1 aromatic heterocycles. The third-order valence-electron chi connectivity index (χ3n) is 2.03. The Morgan fingerprint density at radius 2 is 2.15 bits per heavy atom. The molecule has 1 radical (unpaired) electrons. The Morgan fingerprint density at radius 3 is 2.85 bits per heavy atom. The molecule has 0 aliphatic carbocycles. The van der Waals surface area contributed by atoms with Crippen molar-refractivity contribution in [1.29, 1.82) is 0 Å². The van der Waals surface area contributed by atoms with Gasteiger partial charge in [0.1, 0.15) is 0 Å². The van der Waals surface area contributed by atoms with Crippen LogP contribution in [0.5, 0.6) is 0 Å². The summed E-state index contributed by atoms with van der Waals surface area (Å²) in [5.41, 5.74) is 0. The highest BCUT2D eigenvalue weighted by molar-refractivity contribution is 7.19. The summed E-state index contributed by atoms with van der Waals surface area (Å²) < 4.78 is 1.39. The maximum absolute atomic E-state index is 4.01. The van der Waals surface area contributed by atoms with Crippen LogP contribution in [0.15, 0.2) is 30.3 Å². The Kier molecular flexibility index (Phi) is 2.36. The van der Waals surface area contributed by atoms with Gasteiger partial charge in [0.2, 0.25) is 0 Å². The molecule has 1 heteroatoms. The lowest BCUT2D eigenvalue weighted by atomic mass is 10.1. The molecule has 2 rings (SSSR count). The van der Waals surface area contributed by atoms with Crippen molar-refractivity contribution in [2.75, 3.05) is 0 Å². The van der Waals surface area contributed by atoms with E-state index in [-0.39, 0.29) is 0 Å². The molecule has 13 heavy (non-hydrogen) atoms. The summed E-state index contributed by atoms with van der Waals surface area (Å²) in [6.07, 6.45) is 1.10. The van der Waals surface area contributed by atoms with Crippen molar-refractivity contribution in [3.8, 4) is 0 Å². The van der Waals surface area contributed by atoms with Crippen molar-refractivity contribution in [2.24, 2.45) is 5.92 Å². The summed E-state index contributed by atoms with van der Waals surface area (Å²) in [4.78, 5) is 1.45. The lowest BCUT2D eigenvalue weighted by Crippen LogP contribution is -1.89. The SMILES string of the molecule is [CH2]C(C)Cc1cc2ccccc2s1. The van der Waals surface area contributed by atoms with Crippen LogP contribution in [0.4, 0.5) is 0 Å². The van der Waals surface area contributed by atoms with Crippen molar-refractivity contribution in [3.05, 3.63) is 42.1 Å². The van der Waals surface area contributed by atoms with Crippen LogP contribution in [-0.4, -0.2) is 0 Å². The number of hydrogen-bond donors (Lipinski definition) is 0. The van der Waals surface area contributed by atoms with E-state index in [9.17, 15) is 0 Å². The average Bonchev–Trinajstić information content (AvgIpc) is 2.44. The normalized spacial score (nSPS) is 11.3. The molecule has 1 heterocycles. The number of benzene rings is 1. The van der Waals surface area contributed by atoms with Crippen LogP contribution in [0.25, 0.3) is 10.1 Å². The van der Waals surface area contributed by atoms with E-state index in [0.29, 0.717) is 5.92 Å². The first kappa shape index (κ1) is 8.76. The summed E-state index contributed by atoms with van der Waals surface area (Å²) in [7, 11) is 0. The van der Waals surface area contributed by atoms with Gasteiger partial charge in [0.05, 0.1) is 0 Å². The second-order valence-electron chi connectivity index (χ2n) is 3.56. The first-order valence-corrected chi connectivity index (χ1v) is 5.38. The van der Waals surface area contributed by atoms with Gasteiger partial charge >= 0.3 is 0 Å². The van der Waals surface area contributed by atoms with Gasteiger partial charge in [0.25, 0.3) is 0 Å². The third-order valence-corrected chi connectivity index (χ3v) is 3.16. The summed E-state index contributed by atoms with van der Waals surface area (Å²) in [5, 5.41) is 1.36. The van der Waals surface area contributed by atoms with Gasteiger partial charge < -0.3 is 0 Å². The van der Waals surface area contributed by atoms with Gasteiger partial charge in [0.15, 0.2) is 0 Å². The van der Waals surface area contributed by atoms with Gasteiger partial charge in [-0.15, -0.1) is 11.3 Å². The molecule has 0 bridgehead atoms. The number of hydrogen-bond acceptors (Lipinski definition) is 1. The minimum Gasteiger partial charge on any atom is -0.140 e. The maximum atomic E-state index is 4.01. The lowest BCUT2D eigenvalue weighted by molar-refractivity contribution is 0.728. The monoisotopic (exact) mass is 189 g/mol. The highest BCUT2D eigenvalue weighted by Crippen LogP contribution is 2.26. The van der Waals surface area contributed by atoms with Crippen molar-refractivity contribution in [3.63, 3.8) is 0 Å². The molecule has 0 saturated heterocycles. The first-order chi connectivity index (χ1) is 6.25. The second-order valence-corrected chi connectivity index (χ2v) is 4.73. The molecular weight excluding hydrogens is 176 g/mol. The van der Waals surface area contributed by atoms with Gasteiger partial charge in [-0.05, 0) is 29.9 Å². The van der Waals surface area contributed by atoms with Crippen molar-refractivity contribution in [2.45, 2.75) is 13.3 Å². The van der Waals surface area contributed by atoms with Crippen molar-refractivity contribution in [1.82, 2.24) is 0 Å². The smallest absolute Gasteiger partial charge is 0.0345 e. The zero-order chi connectivity index (χ0) is 9.26. The molecule has 2 aromatic rings. The van der Waals surface area contributed by atoms with E-state index < -0.39 is 0 Å². The van der Waals surface area contributed by atoms with Gasteiger partial charge in [-0.2, -0.15) is 0 Å². The van der Waals surface area contributed by atoms with E-state index in [0.717, 1.165) is 6.42 Å². The largest absolute Gasteiger partial charge is 0.140 e. The van der Waals surface area contributed by atoms with Crippen molar-refractivity contribution >= 4 is 21.4 Å². The fourth-order valence-electron chi connectivity index (χ4n) is 1.48. The van der Waals surface area contributed by atoms with E-state index in [1.54, 1.807) is 0 Å². The molecule has 0 nitrogen and oxygen atoms in total. The van der Waals surface area contributed by atoms with Crippen LogP contribution in [0.2, 0.25) is 0 Å². The van der Waals surface area contributed by atoms with Crippen LogP contribution in [0.3, 0.4) is 0 Å². The standard InChI is InChI=1S/C12H13S/c1-9(2)7-11-8-10-5-3-4-6-12(10)13-11/h3-6,8-9H,1,7H2,2H3. The van der Waals surface area contributed by atoms with Gasteiger partial charge in [-0.3, -0.25) is 0 Å². The Labute approximate surface area is 83.2 Å². The topological polar surface area (TPSA) is 0 Å². The lowest BCUT2D eigenvalue weighted by Gasteiger charge is -1.98. The van der Waals surface area contributed by atoms with E-state index in [1.165, 1.54) is 15.0 Å². The summed E-state index contributed by atoms with van der Waals surface area (Å²) >= 11 is 1.89. The molecule has 1 atom stereocenters. The van der Waals surface area contributed by atoms with E-state index >= 15 is 0 Å². The zero-order valence-corrected chi connectivity index (χ0v) is 8.60. The quantitative estimate of drug-likeness (QED) is 0.672. The number of rotatable bonds is 2. The average molecular weight is 189 g/mol. The zero-order valence-electron chi connectivity index (χ0n) is 7.79. The molecule has 0 N–H and O–H groups in total. The second kappa shape index (κ2) is 3.51. The molecule has 0 spiro atoms. The highest BCUT2D eigenvalue weighted by Gasteiger charge is 2.02. The third kappa shape index (κ3) is 1.92. The fourth-order valence-corrected chi connectivity index (χ4v) is 2.71. The summed E-state index contributed by atoms with van der Waals surface area (Å²) in [6, 6.07) is 10.8. The summed E-state index contributed by atoms with van der Waals surface area (Å²) in [6.45, 7) is 6.17. The molecule has 0 saturated carbocycles. The van der Waals surface area contributed by atoms with Gasteiger partial charge in [0, 0.05) is 9.58 Å². The fraction of sp³-hybridized carbons (Fsp3) is 0.250. The Morgan fingerprint density at radius 1 is 1.38 bits per heavy atom.